The molecule has 1 aliphatic carbocycles. The summed E-state index contributed by atoms with van der Waals surface area (Å²) < 4.78 is 26.9. The number of hydrogen-bond acceptors (Lipinski definition) is 2. The molecule has 1 aromatic rings. The first-order valence-corrected chi connectivity index (χ1v) is 9.14. The van der Waals surface area contributed by atoms with Gasteiger partial charge in [-0.05, 0) is 37.0 Å². The lowest BCUT2D eigenvalue weighted by Crippen LogP contribution is -2.31. The molecule has 0 saturated heterocycles. The molecule has 2 rings (SSSR count). The third kappa shape index (κ3) is 3.85. The van der Waals surface area contributed by atoms with Crippen LogP contribution >= 0.6 is 39.1 Å². The van der Waals surface area contributed by atoms with Crippen molar-refractivity contribution in [3.63, 3.8) is 0 Å². The zero-order valence-electron chi connectivity index (χ0n) is 10.1. The van der Waals surface area contributed by atoms with Gasteiger partial charge in [0.05, 0.1) is 14.9 Å². The van der Waals surface area contributed by atoms with Crippen molar-refractivity contribution in [3.8, 4) is 0 Å². The average molecular weight is 387 g/mol. The van der Waals surface area contributed by atoms with E-state index in [0.717, 1.165) is 19.3 Å². The molecule has 3 nitrogen and oxygen atoms in total. The molecule has 1 aliphatic rings. The number of hydrogen-bond donors (Lipinski definition) is 1. The van der Waals surface area contributed by atoms with Gasteiger partial charge in [0.15, 0.2) is 0 Å². The average Bonchev–Trinajstić information content (AvgIpc) is 2.76. The highest BCUT2D eigenvalue weighted by molar-refractivity contribution is 9.09. The highest BCUT2D eigenvalue weighted by Gasteiger charge is 2.26. The van der Waals surface area contributed by atoms with E-state index in [1.54, 1.807) is 0 Å². The Morgan fingerprint density at radius 3 is 2.58 bits per heavy atom. The lowest BCUT2D eigenvalue weighted by molar-refractivity contribution is 0.529. The first-order valence-electron chi connectivity index (χ1n) is 5.99. The van der Waals surface area contributed by atoms with Gasteiger partial charge in [-0.2, -0.15) is 0 Å². The summed E-state index contributed by atoms with van der Waals surface area (Å²) in [5.41, 5.74) is 0. The Balaban J connectivity index is 2.07. The van der Waals surface area contributed by atoms with Gasteiger partial charge in [-0.15, -0.1) is 0 Å². The van der Waals surface area contributed by atoms with Crippen molar-refractivity contribution in [1.82, 2.24) is 4.72 Å². The quantitative estimate of drug-likeness (QED) is 0.799. The molecular weight excluding hydrogens is 373 g/mol. The van der Waals surface area contributed by atoms with E-state index in [1.807, 2.05) is 0 Å². The van der Waals surface area contributed by atoms with Gasteiger partial charge in [-0.1, -0.05) is 45.6 Å². The van der Waals surface area contributed by atoms with E-state index in [9.17, 15) is 8.42 Å². The smallest absolute Gasteiger partial charge is 0.211 e. The van der Waals surface area contributed by atoms with Crippen LogP contribution in [0, 0.1) is 5.92 Å². The molecule has 0 bridgehead atoms. The van der Waals surface area contributed by atoms with Gasteiger partial charge in [-0.3, -0.25) is 0 Å². The molecule has 0 aliphatic heterocycles. The van der Waals surface area contributed by atoms with Crippen molar-refractivity contribution in [2.45, 2.75) is 29.0 Å². The second-order valence-electron chi connectivity index (χ2n) is 4.63. The number of rotatable bonds is 4. The lowest BCUT2D eigenvalue weighted by Gasteiger charge is -2.15. The van der Waals surface area contributed by atoms with Gasteiger partial charge < -0.3 is 0 Å². The third-order valence-electron chi connectivity index (χ3n) is 3.30. The highest BCUT2D eigenvalue weighted by Crippen LogP contribution is 2.31. The van der Waals surface area contributed by atoms with Gasteiger partial charge in [-0.25, -0.2) is 13.1 Å². The molecule has 0 spiro atoms. The monoisotopic (exact) mass is 385 g/mol. The molecular formula is C12H14BrCl2NO2S. The molecule has 1 N–H and O–H groups in total. The van der Waals surface area contributed by atoms with Crippen LogP contribution in [0.5, 0.6) is 0 Å². The van der Waals surface area contributed by atoms with Gasteiger partial charge in [0, 0.05) is 11.4 Å². The van der Waals surface area contributed by atoms with E-state index in [1.165, 1.54) is 18.2 Å². The number of nitrogens with one attached hydrogen (secondary N) is 1. The minimum atomic E-state index is -3.52. The normalized spacial score (nSPS) is 23.7. The molecule has 2 unspecified atom stereocenters. The molecule has 0 amide bonds. The van der Waals surface area contributed by atoms with Crippen LogP contribution in [0.15, 0.2) is 23.1 Å². The SMILES string of the molecule is O=S(=O)(NCC1CCCC1Br)c1ccc(Cl)c(Cl)c1. The van der Waals surface area contributed by atoms with E-state index in [2.05, 4.69) is 20.7 Å². The summed E-state index contributed by atoms with van der Waals surface area (Å²) in [7, 11) is -3.52. The first kappa shape index (κ1) is 15.6. The zero-order valence-corrected chi connectivity index (χ0v) is 14.0. The largest absolute Gasteiger partial charge is 0.240 e. The van der Waals surface area contributed by atoms with Crippen LogP contribution in [0.1, 0.15) is 19.3 Å². The molecule has 0 heterocycles. The number of sulfonamides is 1. The van der Waals surface area contributed by atoms with Crippen molar-refractivity contribution >= 4 is 49.2 Å². The summed E-state index contributed by atoms with van der Waals surface area (Å²) in [6, 6.07) is 4.31. The summed E-state index contributed by atoms with van der Waals surface area (Å²) in [5.74, 6) is 0.345. The molecule has 2 atom stereocenters. The predicted molar refractivity (Wildman–Crippen MR) is 81.7 cm³/mol. The fraction of sp³-hybridized carbons (Fsp3) is 0.500. The number of benzene rings is 1. The number of halogens is 3. The Hall–Kier alpha value is 0.190. The molecule has 0 aromatic heterocycles. The maximum Gasteiger partial charge on any atom is 0.240 e. The van der Waals surface area contributed by atoms with Gasteiger partial charge in [0.1, 0.15) is 0 Å². The zero-order chi connectivity index (χ0) is 14.0. The van der Waals surface area contributed by atoms with Crippen molar-refractivity contribution < 1.29 is 8.42 Å². The minimum absolute atomic E-state index is 0.144. The Morgan fingerprint density at radius 1 is 1.26 bits per heavy atom. The molecule has 1 aromatic carbocycles. The maximum atomic E-state index is 12.1. The first-order chi connectivity index (χ1) is 8.90. The highest BCUT2D eigenvalue weighted by atomic mass is 79.9. The summed E-state index contributed by atoms with van der Waals surface area (Å²) >= 11 is 15.2. The molecule has 19 heavy (non-hydrogen) atoms. The van der Waals surface area contributed by atoms with Crippen molar-refractivity contribution in [3.05, 3.63) is 28.2 Å². The van der Waals surface area contributed by atoms with Crippen LogP contribution in [-0.4, -0.2) is 19.8 Å². The molecule has 7 heteroatoms. The second-order valence-corrected chi connectivity index (χ2v) is 8.39. The molecule has 1 fully saturated rings. The summed E-state index contributed by atoms with van der Waals surface area (Å²) in [6.07, 6.45) is 3.27. The summed E-state index contributed by atoms with van der Waals surface area (Å²) in [6.45, 7) is 0.443. The summed E-state index contributed by atoms with van der Waals surface area (Å²) in [5, 5.41) is 0.584. The van der Waals surface area contributed by atoms with E-state index in [4.69, 9.17) is 23.2 Å². The van der Waals surface area contributed by atoms with E-state index in [-0.39, 0.29) is 9.92 Å². The Morgan fingerprint density at radius 2 is 2.00 bits per heavy atom. The second kappa shape index (κ2) is 6.31. The van der Waals surface area contributed by atoms with Crippen LogP contribution in [0.3, 0.4) is 0 Å². The molecule has 106 valence electrons. The van der Waals surface area contributed by atoms with Crippen LogP contribution < -0.4 is 4.72 Å². The van der Waals surface area contributed by atoms with Crippen LogP contribution in [0.4, 0.5) is 0 Å². The third-order valence-corrected chi connectivity index (χ3v) is 6.67. The van der Waals surface area contributed by atoms with Crippen molar-refractivity contribution in [2.75, 3.05) is 6.54 Å². The fourth-order valence-corrected chi connectivity index (χ4v) is 4.42. The van der Waals surface area contributed by atoms with Crippen LogP contribution in [0.2, 0.25) is 10.0 Å². The van der Waals surface area contributed by atoms with E-state index in [0.29, 0.717) is 22.3 Å². The minimum Gasteiger partial charge on any atom is -0.211 e. The van der Waals surface area contributed by atoms with Crippen LogP contribution in [0.25, 0.3) is 0 Å². The van der Waals surface area contributed by atoms with E-state index >= 15 is 0 Å². The standard InChI is InChI=1S/C12H14BrCl2NO2S/c13-10-3-1-2-8(10)7-16-19(17,18)9-4-5-11(14)12(15)6-9/h4-6,8,10,16H,1-3,7H2. The van der Waals surface area contributed by atoms with Crippen molar-refractivity contribution in [1.29, 1.82) is 0 Å². The lowest BCUT2D eigenvalue weighted by atomic mass is 10.1. The van der Waals surface area contributed by atoms with Gasteiger partial charge in [0.25, 0.3) is 0 Å². The Labute approximate surface area is 131 Å². The topological polar surface area (TPSA) is 46.2 Å². The summed E-state index contributed by atoms with van der Waals surface area (Å²) in [4.78, 5) is 0.537. The predicted octanol–water partition coefficient (Wildman–Crippen LogP) is 3.84. The van der Waals surface area contributed by atoms with Crippen LogP contribution in [-0.2, 0) is 10.0 Å². The van der Waals surface area contributed by atoms with E-state index < -0.39 is 10.0 Å². The fourth-order valence-electron chi connectivity index (χ4n) is 2.17. The van der Waals surface area contributed by atoms with Crippen molar-refractivity contribution in [2.24, 2.45) is 5.92 Å². The Kier molecular flexibility index (Phi) is 5.17. The maximum absolute atomic E-state index is 12.1. The number of alkyl halides is 1. The molecule has 1 saturated carbocycles. The van der Waals surface area contributed by atoms with Gasteiger partial charge >= 0.3 is 0 Å². The van der Waals surface area contributed by atoms with Gasteiger partial charge in [0.2, 0.25) is 10.0 Å². The molecule has 0 radical (unpaired) electrons. The Bertz CT molecular complexity index is 565.